The van der Waals surface area contributed by atoms with Gasteiger partial charge in [0, 0.05) is 5.92 Å². The van der Waals surface area contributed by atoms with Crippen LogP contribution in [0.15, 0.2) is 24.3 Å². The first-order valence-corrected chi connectivity index (χ1v) is 4.64. The second-order valence-electron chi connectivity index (χ2n) is 3.75. The van der Waals surface area contributed by atoms with E-state index >= 15 is 0 Å². The largest absolute Gasteiger partial charge is 0.393 e. The van der Waals surface area contributed by atoms with Crippen molar-refractivity contribution in [3.05, 3.63) is 35.4 Å². The number of fused-ring (bicyclic) bond motifs is 1. The molecule has 0 amide bonds. The fourth-order valence-corrected chi connectivity index (χ4v) is 2.04. The van der Waals surface area contributed by atoms with Gasteiger partial charge in [-0.3, -0.25) is 0 Å². The van der Waals surface area contributed by atoms with Crippen molar-refractivity contribution in [2.45, 2.75) is 25.6 Å². The van der Waals surface area contributed by atoms with Crippen molar-refractivity contribution in [2.24, 2.45) is 5.92 Å². The fraction of sp³-hybridized carbons (Fsp3) is 0.455. The van der Waals surface area contributed by atoms with Crippen LogP contribution in [0, 0.1) is 5.92 Å². The van der Waals surface area contributed by atoms with Gasteiger partial charge in [-0.1, -0.05) is 24.3 Å². The van der Waals surface area contributed by atoms with Crippen molar-refractivity contribution in [3.63, 3.8) is 0 Å². The zero-order valence-corrected chi connectivity index (χ0v) is 7.64. The molecule has 1 aliphatic rings. The molecule has 0 bridgehead atoms. The summed E-state index contributed by atoms with van der Waals surface area (Å²) in [4.78, 5) is 0. The Labute approximate surface area is 77.8 Å². The van der Waals surface area contributed by atoms with Gasteiger partial charge in [0.1, 0.15) is 0 Å². The lowest BCUT2D eigenvalue weighted by Crippen LogP contribution is -2.20. The summed E-state index contributed by atoms with van der Waals surface area (Å²) in [5, 5.41) is 19.3. The van der Waals surface area contributed by atoms with Gasteiger partial charge in [-0.05, 0) is 24.5 Å². The molecule has 1 aliphatic carbocycles. The third kappa shape index (κ3) is 1.36. The van der Waals surface area contributed by atoms with Gasteiger partial charge in [-0.25, -0.2) is 0 Å². The highest BCUT2D eigenvalue weighted by Gasteiger charge is 2.33. The molecule has 0 heterocycles. The van der Waals surface area contributed by atoms with E-state index in [-0.39, 0.29) is 5.92 Å². The maximum Gasteiger partial charge on any atom is 0.0848 e. The highest BCUT2D eigenvalue weighted by atomic mass is 16.3. The Hall–Kier alpha value is -0.860. The van der Waals surface area contributed by atoms with Gasteiger partial charge in [0.05, 0.1) is 12.2 Å². The summed E-state index contributed by atoms with van der Waals surface area (Å²) >= 11 is 0. The molecule has 0 fully saturated rings. The maximum atomic E-state index is 9.85. The predicted molar refractivity (Wildman–Crippen MR) is 50.3 cm³/mol. The van der Waals surface area contributed by atoms with Crippen LogP contribution in [-0.2, 0) is 6.42 Å². The van der Waals surface area contributed by atoms with E-state index in [0.29, 0.717) is 0 Å². The third-order valence-corrected chi connectivity index (χ3v) is 2.85. The van der Waals surface area contributed by atoms with E-state index in [1.54, 1.807) is 6.92 Å². The van der Waals surface area contributed by atoms with Crippen LogP contribution in [0.2, 0.25) is 0 Å². The molecule has 0 spiro atoms. The van der Waals surface area contributed by atoms with E-state index < -0.39 is 12.2 Å². The van der Waals surface area contributed by atoms with E-state index in [4.69, 9.17) is 0 Å². The van der Waals surface area contributed by atoms with Crippen molar-refractivity contribution < 1.29 is 10.2 Å². The Balaban J connectivity index is 2.32. The van der Waals surface area contributed by atoms with Crippen LogP contribution in [0.5, 0.6) is 0 Å². The number of benzene rings is 1. The first-order valence-electron chi connectivity index (χ1n) is 4.64. The van der Waals surface area contributed by atoms with Gasteiger partial charge in [0.25, 0.3) is 0 Å². The summed E-state index contributed by atoms with van der Waals surface area (Å²) in [5.74, 6) is -0.0302. The van der Waals surface area contributed by atoms with Crippen LogP contribution in [0.4, 0.5) is 0 Å². The second kappa shape index (κ2) is 3.13. The smallest absolute Gasteiger partial charge is 0.0848 e. The summed E-state index contributed by atoms with van der Waals surface area (Å²) < 4.78 is 0. The summed E-state index contributed by atoms with van der Waals surface area (Å²) in [6.45, 7) is 1.74. The SMILES string of the molecule is C[C@H](O)[C@H]1Cc2ccccc2[C@H]1O. The molecule has 0 unspecified atom stereocenters. The van der Waals surface area contributed by atoms with E-state index in [9.17, 15) is 10.2 Å². The molecule has 2 N–H and O–H groups in total. The molecule has 0 saturated carbocycles. The van der Waals surface area contributed by atoms with E-state index in [0.717, 1.165) is 12.0 Å². The number of rotatable bonds is 1. The number of aliphatic hydroxyl groups is 2. The lowest BCUT2D eigenvalue weighted by atomic mass is 9.98. The van der Waals surface area contributed by atoms with Crippen LogP contribution in [0.3, 0.4) is 0 Å². The summed E-state index contributed by atoms with van der Waals surface area (Å²) in [6, 6.07) is 7.84. The second-order valence-corrected chi connectivity index (χ2v) is 3.75. The topological polar surface area (TPSA) is 40.5 Å². The zero-order chi connectivity index (χ0) is 9.42. The molecule has 1 aromatic rings. The third-order valence-electron chi connectivity index (χ3n) is 2.85. The van der Waals surface area contributed by atoms with E-state index in [1.165, 1.54) is 5.56 Å². The Morgan fingerprint density at radius 3 is 2.69 bits per heavy atom. The van der Waals surface area contributed by atoms with Gasteiger partial charge in [0.2, 0.25) is 0 Å². The summed E-state index contributed by atoms with van der Waals surface area (Å²) in [7, 11) is 0. The predicted octanol–water partition coefficient (Wildman–Crippen LogP) is 1.27. The Bertz CT molecular complexity index is 307. The molecule has 0 saturated heterocycles. The molecule has 0 radical (unpaired) electrons. The van der Waals surface area contributed by atoms with Crippen LogP contribution in [0.1, 0.15) is 24.2 Å². The number of aliphatic hydroxyl groups excluding tert-OH is 2. The van der Waals surface area contributed by atoms with Gasteiger partial charge in [-0.15, -0.1) is 0 Å². The average molecular weight is 178 g/mol. The molecule has 1 aromatic carbocycles. The minimum Gasteiger partial charge on any atom is -0.393 e. The first kappa shape index (κ1) is 8.73. The zero-order valence-electron chi connectivity index (χ0n) is 7.64. The van der Waals surface area contributed by atoms with Crippen LogP contribution in [0.25, 0.3) is 0 Å². The number of hydrogen-bond acceptors (Lipinski definition) is 2. The molecule has 0 aromatic heterocycles. The van der Waals surface area contributed by atoms with Crippen molar-refractivity contribution in [3.8, 4) is 0 Å². The van der Waals surface area contributed by atoms with Crippen molar-refractivity contribution in [1.82, 2.24) is 0 Å². The van der Waals surface area contributed by atoms with Gasteiger partial charge in [-0.2, -0.15) is 0 Å². The van der Waals surface area contributed by atoms with Crippen molar-refractivity contribution >= 4 is 0 Å². The molecular weight excluding hydrogens is 164 g/mol. The lowest BCUT2D eigenvalue weighted by Gasteiger charge is -2.17. The molecule has 2 rings (SSSR count). The molecule has 2 nitrogen and oxygen atoms in total. The van der Waals surface area contributed by atoms with Crippen LogP contribution in [-0.4, -0.2) is 16.3 Å². The van der Waals surface area contributed by atoms with Gasteiger partial charge >= 0.3 is 0 Å². The molecule has 3 atom stereocenters. The lowest BCUT2D eigenvalue weighted by molar-refractivity contribution is 0.0325. The molecular formula is C11H14O2. The quantitative estimate of drug-likeness (QED) is 0.680. The van der Waals surface area contributed by atoms with Crippen molar-refractivity contribution in [1.29, 1.82) is 0 Å². The molecule has 0 aliphatic heterocycles. The van der Waals surface area contributed by atoms with Crippen LogP contribution >= 0.6 is 0 Å². The molecule has 70 valence electrons. The first-order chi connectivity index (χ1) is 6.20. The fourth-order valence-electron chi connectivity index (χ4n) is 2.04. The summed E-state index contributed by atoms with van der Waals surface area (Å²) in [5.41, 5.74) is 2.15. The van der Waals surface area contributed by atoms with Gasteiger partial charge < -0.3 is 10.2 Å². The average Bonchev–Trinajstić information content (AvgIpc) is 2.45. The minimum absolute atomic E-state index is 0.0302. The van der Waals surface area contributed by atoms with Gasteiger partial charge in [0.15, 0.2) is 0 Å². The van der Waals surface area contributed by atoms with Crippen LogP contribution < -0.4 is 0 Å². The van der Waals surface area contributed by atoms with Crippen molar-refractivity contribution in [2.75, 3.05) is 0 Å². The highest BCUT2D eigenvalue weighted by molar-refractivity contribution is 5.34. The monoisotopic (exact) mass is 178 g/mol. The Morgan fingerprint density at radius 1 is 1.38 bits per heavy atom. The summed E-state index contributed by atoms with van der Waals surface area (Å²) in [6.07, 6.45) is -0.145. The highest BCUT2D eigenvalue weighted by Crippen LogP contribution is 2.37. The minimum atomic E-state index is -0.490. The number of hydrogen-bond donors (Lipinski definition) is 2. The molecule has 2 heteroatoms. The van der Waals surface area contributed by atoms with E-state index in [2.05, 4.69) is 0 Å². The normalized spacial score (nSPS) is 28.5. The standard InChI is InChI=1S/C11H14O2/c1-7(12)10-6-8-4-2-3-5-9(8)11(10)13/h2-5,7,10-13H,6H2,1H3/t7-,10+,11+/m0/s1. The molecule has 13 heavy (non-hydrogen) atoms. The Kier molecular flexibility index (Phi) is 2.10. The Morgan fingerprint density at radius 2 is 2.08 bits per heavy atom. The van der Waals surface area contributed by atoms with E-state index in [1.807, 2.05) is 24.3 Å². The maximum absolute atomic E-state index is 9.85.